The fourth-order valence-corrected chi connectivity index (χ4v) is 7.06. The highest BCUT2D eigenvalue weighted by molar-refractivity contribution is 7.98. The van der Waals surface area contributed by atoms with Crippen LogP contribution in [-0.2, 0) is 22.2 Å². The van der Waals surface area contributed by atoms with Gasteiger partial charge in [0.05, 0.1) is 15.9 Å². The predicted octanol–water partition coefficient (Wildman–Crippen LogP) is 6.88. The van der Waals surface area contributed by atoms with Gasteiger partial charge in [0.25, 0.3) is 5.69 Å². The van der Waals surface area contributed by atoms with Crippen molar-refractivity contribution < 1.29 is 13.3 Å². The van der Waals surface area contributed by atoms with E-state index < -0.39 is 21.0 Å². The third-order valence-corrected chi connectivity index (χ3v) is 9.58. The van der Waals surface area contributed by atoms with E-state index in [1.165, 1.54) is 23.9 Å². The van der Waals surface area contributed by atoms with Crippen molar-refractivity contribution in [2.45, 2.75) is 28.3 Å². The highest BCUT2D eigenvalue weighted by Crippen LogP contribution is 2.31. The molecule has 1 atom stereocenters. The zero-order valence-electron chi connectivity index (χ0n) is 23.4. The van der Waals surface area contributed by atoms with E-state index >= 15 is 0 Å². The molecule has 0 aliphatic rings. The number of fused-ring (bicyclic) bond motifs is 1. The number of nitro groups is 1. The highest BCUT2D eigenvalue weighted by atomic mass is 32.2. The molecule has 0 aliphatic carbocycles. The molecule has 0 fully saturated rings. The Kier molecular flexibility index (Phi) is 8.51. The fraction of sp³-hybridized carbons (Fsp3) is 0.0909. The highest BCUT2D eigenvalue weighted by Gasteiger charge is 2.28. The summed E-state index contributed by atoms with van der Waals surface area (Å²) in [5.41, 5.74) is 2.50. The summed E-state index contributed by atoms with van der Waals surface area (Å²) < 4.78 is 32.4. The Morgan fingerprint density at radius 1 is 0.773 bits per heavy atom. The molecule has 0 unspecified atom stereocenters. The van der Waals surface area contributed by atoms with Crippen molar-refractivity contribution in [1.82, 2.24) is 19.5 Å². The predicted molar refractivity (Wildman–Crippen MR) is 171 cm³/mol. The molecule has 0 bridgehead atoms. The van der Waals surface area contributed by atoms with Gasteiger partial charge in [0.15, 0.2) is 11.0 Å². The zero-order chi connectivity index (χ0) is 30.5. The quantitative estimate of drug-likeness (QED) is 0.0951. The molecule has 220 valence electrons. The molecule has 0 spiro atoms. The van der Waals surface area contributed by atoms with E-state index in [2.05, 4.69) is 14.9 Å². The number of aromatic nitrogens is 3. The number of hydrogen-bond acceptors (Lipinski definition) is 7. The van der Waals surface area contributed by atoms with Gasteiger partial charge >= 0.3 is 0 Å². The average Bonchev–Trinajstić information content (AvgIpc) is 3.48. The summed E-state index contributed by atoms with van der Waals surface area (Å²) in [5.74, 6) is 0.959. The van der Waals surface area contributed by atoms with Crippen molar-refractivity contribution in [3.63, 3.8) is 0 Å². The van der Waals surface area contributed by atoms with E-state index in [1.54, 1.807) is 34.9 Å². The lowest BCUT2D eigenvalue weighted by molar-refractivity contribution is -0.384. The Balaban J connectivity index is 1.43. The van der Waals surface area contributed by atoms with Crippen molar-refractivity contribution in [2.75, 3.05) is 0 Å². The van der Waals surface area contributed by atoms with Gasteiger partial charge in [0.2, 0.25) is 10.0 Å². The van der Waals surface area contributed by atoms with Crippen LogP contribution in [0.1, 0.15) is 23.0 Å². The van der Waals surface area contributed by atoms with Gasteiger partial charge < -0.3 is 0 Å². The van der Waals surface area contributed by atoms with E-state index in [-0.39, 0.29) is 10.6 Å². The summed E-state index contributed by atoms with van der Waals surface area (Å²) in [6.07, 6.45) is 0.294. The second-order valence-electron chi connectivity index (χ2n) is 10.1. The minimum atomic E-state index is -4.01. The van der Waals surface area contributed by atoms with Gasteiger partial charge in [-0.15, -0.1) is 10.2 Å². The minimum Gasteiger partial charge on any atom is -0.273 e. The monoisotopic (exact) mass is 621 g/mol. The maximum atomic E-state index is 13.9. The molecule has 0 amide bonds. The van der Waals surface area contributed by atoms with Crippen molar-refractivity contribution in [1.29, 1.82) is 0 Å². The molecule has 44 heavy (non-hydrogen) atoms. The van der Waals surface area contributed by atoms with Crippen molar-refractivity contribution in [2.24, 2.45) is 0 Å². The van der Waals surface area contributed by atoms with Crippen LogP contribution in [0.5, 0.6) is 0 Å². The molecule has 5 aromatic carbocycles. The summed E-state index contributed by atoms with van der Waals surface area (Å²) in [5, 5.41) is 22.6. The molecule has 0 saturated carbocycles. The number of rotatable bonds is 11. The molecule has 6 rings (SSSR count). The number of benzene rings is 5. The minimum absolute atomic E-state index is 0.0558. The number of hydrogen-bond donors (Lipinski definition) is 1. The average molecular weight is 622 g/mol. The Bertz CT molecular complexity index is 2020. The summed E-state index contributed by atoms with van der Waals surface area (Å²) in [4.78, 5) is 11.0. The molecule has 9 nitrogen and oxygen atoms in total. The van der Waals surface area contributed by atoms with Crippen molar-refractivity contribution >= 4 is 38.2 Å². The standard InChI is InChI=1S/C33H27N5O4S2/c39-38(40)29-18-16-28(17-19-29)37-32(34-35-33(37)43-23-25-11-5-2-6-12-25)31(21-24-9-3-1-4-10-24)36-44(41,42)30-20-15-26-13-7-8-14-27(26)22-30/h1-20,22,31,36H,21,23H2/t31-/m0/s1. The van der Waals surface area contributed by atoms with E-state index in [4.69, 9.17) is 0 Å². The number of sulfonamides is 1. The van der Waals surface area contributed by atoms with E-state index in [1.807, 2.05) is 84.9 Å². The van der Waals surface area contributed by atoms with Crippen molar-refractivity contribution in [3.8, 4) is 5.69 Å². The third kappa shape index (κ3) is 6.55. The fourth-order valence-electron chi connectivity index (χ4n) is 4.91. The Hall–Kier alpha value is -4.84. The van der Waals surface area contributed by atoms with Crippen LogP contribution in [0.3, 0.4) is 0 Å². The van der Waals surface area contributed by atoms with Crippen LogP contribution in [-0.4, -0.2) is 28.1 Å². The normalized spacial score (nSPS) is 12.3. The Morgan fingerprint density at radius 2 is 1.41 bits per heavy atom. The van der Waals surface area contributed by atoms with Crippen molar-refractivity contribution in [3.05, 3.63) is 154 Å². The summed E-state index contributed by atoms with van der Waals surface area (Å²) in [7, 11) is -4.01. The van der Waals surface area contributed by atoms with E-state index in [9.17, 15) is 18.5 Å². The van der Waals surface area contributed by atoms with Gasteiger partial charge in [-0.2, -0.15) is 0 Å². The van der Waals surface area contributed by atoms with Gasteiger partial charge in [-0.3, -0.25) is 14.7 Å². The molecule has 0 aliphatic heterocycles. The van der Waals surface area contributed by atoms with Crippen LogP contribution in [0.2, 0.25) is 0 Å². The van der Waals surface area contributed by atoms with Gasteiger partial charge in [0, 0.05) is 23.6 Å². The smallest absolute Gasteiger partial charge is 0.269 e. The number of nitro benzene ring substituents is 1. The molecule has 1 aromatic heterocycles. The largest absolute Gasteiger partial charge is 0.273 e. The topological polar surface area (TPSA) is 120 Å². The summed E-state index contributed by atoms with van der Waals surface area (Å²) in [6, 6.07) is 37.3. The molecule has 1 N–H and O–H groups in total. The lowest BCUT2D eigenvalue weighted by atomic mass is 10.1. The SMILES string of the molecule is O=[N+]([O-])c1ccc(-n2c(SCc3ccccc3)nnc2[C@H](Cc2ccccc2)NS(=O)(=O)c2ccc3ccccc3c2)cc1. The van der Waals surface area contributed by atoms with Crippen LogP contribution < -0.4 is 4.72 Å². The molecule has 11 heteroatoms. The van der Waals surface area contributed by atoms with E-state index in [0.29, 0.717) is 28.8 Å². The van der Waals surface area contributed by atoms with Gasteiger partial charge in [-0.1, -0.05) is 103 Å². The lowest BCUT2D eigenvalue weighted by Gasteiger charge is -2.20. The number of non-ortho nitro benzene ring substituents is 1. The van der Waals surface area contributed by atoms with Gasteiger partial charge in [-0.25, -0.2) is 13.1 Å². The number of nitrogens with zero attached hydrogens (tertiary/aromatic N) is 4. The summed E-state index contributed by atoms with van der Waals surface area (Å²) in [6.45, 7) is 0. The molecule has 6 aromatic rings. The van der Waals surface area contributed by atoms with Gasteiger partial charge in [-0.05, 0) is 52.6 Å². The molecule has 0 saturated heterocycles. The van der Waals surface area contributed by atoms with Crippen LogP contribution >= 0.6 is 11.8 Å². The van der Waals surface area contributed by atoms with Crippen LogP contribution in [0.4, 0.5) is 5.69 Å². The Morgan fingerprint density at radius 3 is 2.09 bits per heavy atom. The number of thioether (sulfide) groups is 1. The second-order valence-corrected chi connectivity index (χ2v) is 12.8. The molecule has 1 heterocycles. The molecule has 0 radical (unpaired) electrons. The van der Waals surface area contributed by atoms with E-state index in [0.717, 1.165) is 21.9 Å². The first-order valence-electron chi connectivity index (χ1n) is 13.8. The van der Waals surface area contributed by atoms with Crippen LogP contribution in [0.25, 0.3) is 16.5 Å². The lowest BCUT2D eigenvalue weighted by Crippen LogP contribution is -2.32. The second kappa shape index (κ2) is 12.8. The van der Waals surface area contributed by atoms with Gasteiger partial charge in [0.1, 0.15) is 0 Å². The number of nitrogens with one attached hydrogen (secondary N) is 1. The van der Waals surface area contributed by atoms with Crippen LogP contribution in [0, 0.1) is 10.1 Å². The van der Waals surface area contributed by atoms with Crippen LogP contribution in [0.15, 0.2) is 137 Å². The first-order valence-corrected chi connectivity index (χ1v) is 16.3. The summed E-state index contributed by atoms with van der Waals surface area (Å²) >= 11 is 1.44. The first-order chi connectivity index (χ1) is 21.4. The molecular weight excluding hydrogens is 595 g/mol. The maximum Gasteiger partial charge on any atom is 0.269 e. The third-order valence-electron chi connectivity index (χ3n) is 7.11. The Labute approximate surface area is 258 Å². The maximum absolute atomic E-state index is 13.9. The first kappa shape index (κ1) is 29.2. The molecular formula is C33H27N5O4S2. The zero-order valence-corrected chi connectivity index (χ0v) is 25.0.